The van der Waals surface area contributed by atoms with Crippen LogP contribution in [0.2, 0.25) is 0 Å². The zero-order valence-corrected chi connectivity index (χ0v) is 26.1. The van der Waals surface area contributed by atoms with Gasteiger partial charge in [-0.1, -0.05) is 56.3 Å². The highest BCUT2D eigenvalue weighted by molar-refractivity contribution is 6.10. The van der Waals surface area contributed by atoms with E-state index >= 15 is 0 Å². The van der Waals surface area contributed by atoms with E-state index in [1.54, 1.807) is 18.2 Å². The van der Waals surface area contributed by atoms with Gasteiger partial charge in [0.25, 0.3) is 5.91 Å². The first-order valence-electron chi connectivity index (χ1n) is 15.8. The molecule has 2 heterocycles. The molecule has 0 saturated carbocycles. The molecule has 2 unspecified atom stereocenters. The number of nitrogens with zero attached hydrogens (tertiary/aromatic N) is 2. The lowest BCUT2D eigenvalue weighted by Crippen LogP contribution is -2.56. The molecule has 2 atom stereocenters. The molecule has 8 nitrogen and oxygen atoms in total. The van der Waals surface area contributed by atoms with E-state index in [0.717, 1.165) is 55.6 Å². The molecule has 1 aliphatic carbocycles. The van der Waals surface area contributed by atoms with Crippen LogP contribution >= 0.6 is 0 Å². The third-order valence-corrected chi connectivity index (χ3v) is 9.35. The summed E-state index contributed by atoms with van der Waals surface area (Å²) in [7, 11) is 0. The number of carbonyl (C=O) groups is 3. The van der Waals surface area contributed by atoms with E-state index < -0.39 is 6.04 Å². The Balaban J connectivity index is 1.16. The second-order valence-electron chi connectivity index (χ2n) is 12.8. The molecular formula is C36H42N4O4. The van der Waals surface area contributed by atoms with Gasteiger partial charge in [-0.25, -0.2) is 0 Å². The monoisotopic (exact) mass is 594 g/mol. The Morgan fingerprint density at radius 3 is 2.41 bits per heavy atom. The molecule has 3 aromatic carbocycles. The van der Waals surface area contributed by atoms with Crippen molar-refractivity contribution in [2.45, 2.75) is 71.5 Å². The van der Waals surface area contributed by atoms with Crippen LogP contribution in [-0.4, -0.2) is 59.2 Å². The Labute approximate surface area is 259 Å². The molecule has 0 aromatic heterocycles. The van der Waals surface area contributed by atoms with Crippen LogP contribution in [0.15, 0.2) is 60.7 Å². The van der Waals surface area contributed by atoms with Crippen molar-refractivity contribution in [3.05, 3.63) is 88.5 Å². The number of benzene rings is 3. The molecule has 1 saturated heterocycles. The lowest BCUT2D eigenvalue weighted by atomic mass is 9.97. The number of hydrogen-bond donors (Lipinski definition) is 2. The van der Waals surface area contributed by atoms with Crippen molar-refractivity contribution < 1.29 is 19.1 Å². The second kappa shape index (κ2) is 12.4. The third-order valence-electron chi connectivity index (χ3n) is 9.35. The minimum atomic E-state index is -0.790. The van der Waals surface area contributed by atoms with Gasteiger partial charge < -0.3 is 20.3 Å². The van der Waals surface area contributed by atoms with Crippen LogP contribution in [0.4, 0.5) is 5.69 Å². The summed E-state index contributed by atoms with van der Waals surface area (Å²) < 4.78 is 6.21. The lowest BCUT2D eigenvalue weighted by Gasteiger charge is -2.38. The number of hydrogen-bond acceptors (Lipinski definition) is 5. The number of rotatable bonds is 7. The Hall–Kier alpha value is -4.17. The highest BCUT2D eigenvalue weighted by Crippen LogP contribution is 2.37. The first kappa shape index (κ1) is 29.9. The van der Waals surface area contributed by atoms with Crippen molar-refractivity contribution in [3.63, 3.8) is 0 Å². The number of para-hydroxylation sites is 1. The predicted octanol–water partition coefficient (Wildman–Crippen LogP) is 5.78. The molecule has 2 N–H and O–H groups in total. The van der Waals surface area contributed by atoms with E-state index in [2.05, 4.69) is 39.8 Å². The van der Waals surface area contributed by atoms with Crippen LogP contribution in [0.5, 0.6) is 11.5 Å². The van der Waals surface area contributed by atoms with Crippen LogP contribution in [0.1, 0.15) is 71.8 Å². The molecule has 44 heavy (non-hydrogen) atoms. The number of nitrogens with one attached hydrogen (secondary N) is 2. The van der Waals surface area contributed by atoms with E-state index in [1.165, 1.54) is 16.0 Å². The standard InChI is InChI=1S/C36H42N4O4/c1-22(2)33(35(42)37-26-16-18-39(19-17-26)31-15-12-25-10-5-6-11-28(25)31)40-21-32(41)38-30-14-13-27(20-29(30)36(40)43)44-34-23(3)8-7-9-24(34)4/h5-11,13-14,20,22,26,31,33H,12,15-19,21H2,1-4H3,(H,37,42)(H,38,41). The minimum absolute atomic E-state index is 0.0252. The van der Waals surface area contributed by atoms with Gasteiger partial charge in [0.2, 0.25) is 11.8 Å². The van der Waals surface area contributed by atoms with Gasteiger partial charge in [-0.3, -0.25) is 19.3 Å². The van der Waals surface area contributed by atoms with Crippen molar-refractivity contribution in [2.75, 3.05) is 25.0 Å². The summed E-state index contributed by atoms with van der Waals surface area (Å²) in [6, 6.07) is 19.4. The van der Waals surface area contributed by atoms with Gasteiger partial charge in [0, 0.05) is 25.2 Å². The quantitative estimate of drug-likeness (QED) is 0.362. The molecule has 0 spiro atoms. The molecule has 6 rings (SSSR count). The number of carbonyl (C=O) groups excluding carboxylic acids is 3. The molecule has 3 aliphatic rings. The van der Waals surface area contributed by atoms with Gasteiger partial charge in [-0.05, 0) is 85.9 Å². The van der Waals surface area contributed by atoms with Crippen molar-refractivity contribution in [1.29, 1.82) is 0 Å². The number of amides is 3. The van der Waals surface area contributed by atoms with E-state index in [9.17, 15) is 14.4 Å². The molecule has 1 fully saturated rings. The normalized spacial score (nSPS) is 19.7. The summed E-state index contributed by atoms with van der Waals surface area (Å²) in [4.78, 5) is 44.8. The largest absolute Gasteiger partial charge is 0.457 e. The van der Waals surface area contributed by atoms with Crippen LogP contribution < -0.4 is 15.4 Å². The van der Waals surface area contributed by atoms with Crippen molar-refractivity contribution in [1.82, 2.24) is 15.1 Å². The summed E-state index contributed by atoms with van der Waals surface area (Å²) in [6.07, 6.45) is 3.97. The Bertz CT molecular complexity index is 1560. The van der Waals surface area contributed by atoms with Gasteiger partial charge in [0.05, 0.1) is 11.3 Å². The number of aryl methyl sites for hydroxylation is 3. The molecule has 230 valence electrons. The topological polar surface area (TPSA) is 91.0 Å². The number of ether oxygens (including phenoxy) is 1. The van der Waals surface area contributed by atoms with Crippen molar-refractivity contribution >= 4 is 23.4 Å². The van der Waals surface area contributed by atoms with E-state index in [-0.39, 0.29) is 36.2 Å². The van der Waals surface area contributed by atoms with E-state index in [0.29, 0.717) is 23.0 Å². The van der Waals surface area contributed by atoms with Gasteiger partial charge in [-0.15, -0.1) is 0 Å². The van der Waals surface area contributed by atoms with Crippen LogP contribution in [-0.2, 0) is 16.0 Å². The number of likely N-dealkylation sites (tertiary alicyclic amines) is 1. The van der Waals surface area contributed by atoms with Crippen LogP contribution in [0.3, 0.4) is 0 Å². The molecule has 8 heteroatoms. The predicted molar refractivity (Wildman–Crippen MR) is 171 cm³/mol. The first-order chi connectivity index (χ1) is 21.2. The fourth-order valence-corrected chi connectivity index (χ4v) is 7.11. The zero-order chi connectivity index (χ0) is 31.0. The highest BCUT2D eigenvalue weighted by Gasteiger charge is 2.39. The van der Waals surface area contributed by atoms with Gasteiger partial charge >= 0.3 is 0 Å². The number of anilines is 1. The van der Waals surface area contributed by atoms with Gasteiger partial charge in [0.15, 0.2) is 0 Å². The first-order valence-corrected chi connectivity index (χ1v) is 15.8. The summed E-state index contributed by atoms with van der Waals surface area (Å²) in [6.45, 7) is 9.42. The molecular weight excluding hydrogens is 552 g/mol. The SMILES string of the molecule is Cc1cccc(C)c1Oc1ccc2c(c1)C(=O)N(C(C(=O)NC1CCN(C3CCc4ccccc43)CC1)C(C)C)CC(=O)N2. The van der Waals surface area contributed by atoms with Crippen molar-refractivity contribution in [2.24, 2.45) is 5.92 Å². The average Bonchev–Trinajstić information content (AvgIpc) is 3.39. The Morgan fingerprint density at radius 2 is 1.68 bits per heavy atom. The van der Waals surface area contributed by atoms with Crippen LogP contribution in [0, 0.1) is 19.8 Å². The van der Waals surface area contributed by atoms with E-state index in [1.807, 2.05) is 45.9 Å². The zero-order valence-electron chi connectivity index (χ0n) is 26.1. The number of fused-ring (bicyclic) bond motifs is 2. The van der Waals surface area contributed by atoms with E-state index in [4.69, 9.17) is 4.74 Å². The van der Waals surface area contributed by atoms with Crippen LogP contribution in [0.25, 0.3) is 0 Å². The number of piperidine rings is 1. The highest BCUT2D eigenvalue weighted by atomic mass is 16.5. The Kier molecular flexibility index (Phi) is 8.45. The fourth-order valence-electron chi connectivity index (χ4n) is 7.11. The summed E-state index contributed by atoms with van der Waals surface area (Å²) in [5.74, 6) is 0.123. The van der Waals surface area contributed by atoms with Crippen molar-refractivity contribution in [3.8, 4) is 11.5 Å². The molecule has 0 bridgehead atoms. The summed E-state index contributed by atoms with van der Waals surface area (Å²) in [5, 5.41) is 6.10. The third kappa shape index (κ3) is 5.95. The Morgan fingerprint density at radius 1 is 0.955 bits per heavy atom. The average molecular weight is 595 g/mol. The van der Waals surface area contributed by atoms with Gasteiger partial charge in [-0.2, -0.15) is 0 Å². The smallest absolute Gasteiger partial charge is 0.257 e. The lowest BCUT2D eigenvalue weighted by molar-refractivity contribution is -0.129. The molecule has 3 amide bonds. The fraction of sp³-hybridized carbons (Fsp3) is 0.417. The maximum atomic E-state index is 14.0. The summed E-state index contributed by atoms with van der Waals surface area (Å²) in [5.41, 5.74) is 5.58. The molecule has 3 aromatic rings. The summed E-state index contributed by atoms with van der Waals surface area (Å²) >= 11 is 0. The maximum absolute atomic E-state index is 14.0. The minimum Gasteiger partial charge on any atom is -0.457 e. The maximum Gasteiger partial charge on any atom is 0.257 e. The molecule has 2 aliphatic heterocycles. The second-order valence-corrected chi connectivity index (χ2v) is 12.8. The molecule has 0 radical (unpaired) electrons. The van der Waals surface area contributed by atoms with Gasteiger partial charge in [0.1, 0.15) is 24.1 Å².